The van der Waals surface area contributed by atoms with E-state index in [2.05, 4.69) is 36.6 Å². The normalized spacial score (nSPS) is 23.1. The molecule has 3 N–H and O–H groups in total. The number of fused-ring (bicyclic) bond motifs is 1. The summed E-state index contributed by atoms with van der Waals surface area (Å²) in [7, 11) is -1.32. The predicted octanol–water partition coefficient (Wildman–Crippen LogP) is 6.16. The lowest BCUT2D eigenvalue weighted by atomic mass is 9.88. The number of halogens is 1. The van der Waals surface area contributed by atoms with Crippen LogP contribution in [0.25, 0.3) is 0 Å². The van der Waals surface area contributed by atoms with Crippen molar-refractivity contribution in [2.24, 2.45) is 5.41 Å². The van der Waals surface area contributed by atoms with E-state index in [1.807, 2.05) is 12.1 Å². The Bertz CT molecular complexity index is 1250. The third kappa shape index (κ3) is 4.49. The minimum Gasteiger partial charge on any atom is -0.506 e. The molecule has 2 atom stereocenters. The van der Waals surface area contributed by atoms with Crippen LogP contribution in [0.3, 0.4) is 0 Å². The van der Waals surface area contributed by atoms with E-state index >= 15 is 4.39 Å². The summed E-state index contributed by atoms with van der Waals surface area (Å²) in [5.41, 5.74) is 3.20. The van der Waals surface area contributed by atoms with Gasteiger partial charge in [-0.3, -0.25) is 4.21 Å². The molecule has 0 fully saturated rings. The maximum atomic E-state index is 15.5. The van der Waals surface area contributed by atoms with Crippen LogP contribution < -0.4 is 15.4 Å². The van der Waals surface area contributed by atoms with Gasteiger partial charge < -0.3 is 20.5 Å². The number of anilines is 2. The average Bonchev–Trinajstić information content (AvgIpc) is 2.95. The molecule has 7 heteroatoms. The number of hydrogen-bond donors (Lipinski definition) is 3. The van der Waals surface area contributed by atoms with Gasteiger partial charge in [-0.1, -0.05) is 38.1 Å². The molecule has 0 radical (unpaired) electrons. The zero-order chi connectivity index (χ0) is 23.9. The lowest BCUT2D eigenvalue weighted by Gasteiger charge is -2.34. The van der Waals surface area contributed by atoms with Crippen molar-refractivity contribution in [2.75, 3.05) is 23.0 Å². The number of para-hydroxylation sites is 1. The number of phenolic OH excluding ortho intramolecular Hbond substituents is 1. The fourth-order valence-corrected chi connectivity index (χ4v) is 6.57. The quantitative estimate of drug-likeness (QED) is 0.458. The minimum atomic E-state index is -1.32. The van der Waals surface area contributed by atoms with Gasteiger partial charge in [-0.2, -0.15) is 0 Å². The van der Waals surface area contributed by atoms with E-state index in [9.17, 15) is 9.32 Å². The predicted molar refractivity (Wildman–Crippen MR) is 135 cm³/mol. The van der Waals surface area contributed by atoms with Crippen molar-refractivity contribution < 1.29 is 18.4 Å². The van der Waals surface area contributed by atoms with Crippen molar-refractivity contribution >= 4 is 22.2 Å². The van der Waals surface area contributed by atoms with Crippen molar-refractivity contribution in [1.82, 2.24) is 0 Å². The van der Waals surface area contributed by atoms with Gasteiger partial charge in [0.1, 0.15) is 29.6 Å². The molecule has 0 bridgehead atoms. The van der Waals surface area contributed by atoms with Crippen molar-refractivity contribution in [2.45, 2.75) is 39.2 Å². The van der Waals surface area contributed by atoms with E-state index < -0.39 is 22.7 Å². The molecule has 1 aliphatic carbocycles. The number of benzene rings is 2. The fraction of sp³-hybridized carbons (Fsp3) is 0.333. The van der Waals surface area contributed by atoms with Gasteiger partial charge in [0.25, 0.3) is 0 Å². The molecule has 2 aliphatic heterocycles. The van der Waals surface area contributed by atoms with Gasteiger partial charge in [0, 0.05) is 23.1 Å². The Hall–Kier alpha value is -3.06. The zero-order valence-corrected chi connectivity index (χ0v) is 20.2. The molecule has 2 heterocycles. The number of rotatable bonds is 4. The zero-order valence-electron chi connectivity index (χ0n) is 19.4. The Balaban J connectivity index is 1.51. The summed E-state index contributed by atoms with van der Waals surface area (Å²) < 4.78 is 34.7. The van der Waals surface area contributed by atoms with Crippen molar-refractivity contribution in [1.29, 1.82) is 0 Å². The first-order valence-corrected chi connectivity index (χ1v) is 12.9. The molecule has 0 amide bonds. The lowest BCUT2D eigenvalue weighted by molar-refractivity contribution is 0.352. The third-order valence-corrected chi connectivity index (χ3v) is 8.38. The smallest absolute Gasteiger partial charge is 0.141 e. The van der Waals surface area contributed by atoms with Crippen LogP contribution in [0.4, 0.5) is 15.8 Å². The van der Waals surface area contributed by atoms with Gasteiger partial charge in [0.05, 0.1) is 27.4 Å². The SMILES string of the molecule is CC1(C)CC2=C(C(c3ccc(OCC4=CCCC=C4)cc3F)Nc3cccc(O)c3N2)S(=O)C1. The number of hydrogen-bond acceptors (Lipinski definition) is 5. The lowest BCUT2D eigenvalue weighted by Crippen LogP contribution is -2.32. The molecule has 34 heavy (non-hydrogen) atoms. The molecular weight excluding hydrogens is 451 g/mol. The van der Waals surface area contributed by atoms with Crippen LogP contribution in [0.15, 0.2) is 70.8 Å². The number of phenols is 1. The molecule has 2 unspecified atom stereocenters. The van der Waals surface area contributed by atoms with Crippen molar-refractivity contribution in [3.63, 3.8) is 0 Å². The maximum Gasteiger partial charge on any atom is 0.141 e. The van der Waals surface area contributed by atoms with Gasteiger partial charge in [0.15, 0.2) is 0 Å². The van der Waals surface area contributed by atoms with E-state index in [1.54, 1.807) is 24.3 Å². The summed E-state index contributed by atoms with van der Waals surface area (Å²) in [5, 5.41) is 17.1. The van der Waals surface area contributed by atoms with E-state index in [4.69, 9.17) is 4.74 Å². The van der Waals surface area contributed by atoms with E-state index in [1.165, 1.54) is 6.07 Å². The first-order valence-electron chi connectivity index (χ1n) is 11.6. The van der Waals surface area contributed by atoms with Crippen LogP contribution in [-0.4, -0.2) is 21.7 Å². The van der Waals surface area contributed by atoms with Gasteiger partial charge in [-0.05, 0) is 54.5 Å². The summed E-state index contributed by atoms with van der Waals surface area (Å²) in [6, 6.07) is 9.35. The van der Waals surface area contributed by atoms with Gasteiger partial charge >= 0.3 is 0 Å². The standard InChI is InChI=1S/C27H29FN2O3S/c1-27(2)14-22-26(34(32)16-27)24(29-21-9-6-10-23(31)25(21)30-22)19-12-11-18(13-20(19)28)33-15-17-7-4-3-5-8-17/h4,6-13,24,29-31H,3,5,14-16H2,1-2H3. The van der Waals surface area contributed by atoms with Crippen molar-refractivity contribution in [3.05, 3.63) is 82.2 Å². The second kappa shape index (κ2) is 8.95. The molecule has 2 aromatic rings. The monoisotopic (exact) mass is 480 g/mol. The first-order chi connectivity index (χ1) is 16.3. The Labute approximate surface area is 201 Å². The molecule has 178 valence electrons. The van der Waals surface area contributed by atoms with Gasteiger partial charge in [-0.25, -0.2) is 4.39 Å². The second-order valence-electron chi connectivity index (χ2n) is 9.81. The first kappa shape index (κ1) is 22.7. The summed E-state index contributed by atoms with van der Waals surface area (Å²) >= 11 is 0. The van der Waals surface area contributed by atoms with E-state index in [-0.39, 0.29) is 11.2 Å². The van der Waals surface area contributed by atoms with Crippen LogP contribution in [0.2, 0.25) is 0 Å². The Morgan fingerprint density at radius 2 is 2.09 bits per heavy atom. The van der Waals surface area contributed by atoms with Crippen molar-refractivity contribution in [3.8, 4) is 11.5 Å². The third-order valence-electron chi connectivity index (χ3n) is 6.36. The molecule has 2 aromatic carbocycles. The topological polar surface area (TPSA) is 70.6 Å². The number of allylic oxidation sites excluding steroid dienone is 3. The molecule has 5 rings (SSSR count). The summed E-state index contributed by atoms with van der Waals surface area (Å²) in [6.07, 6.45) is 8.96. The van der Waals surface area contributed by atoms with Gasteiger partial charge in [-0.15, -0.1) is 0 Å². The summed E-state index contributed by atoms with van der Waals surface area (Å²) in [5.74, 6) is 0.591. The van der Waals surface area contributed by atoms with Crippen LogP contribution in [-0.2, 0) is 10.8 Å². The number of ether oxygens (including phenoxy) is 1. The van der Waals surface area contributed by atoms with E-state index in [0.717, 1.165) is 24.1 Å². The number of nitrogens with one attached hydrogen (secondary N) is 2. The molecular formula is C27H29FN2O3S. The second-order valence-corrected chi connectivity index (χ2v) is 11.2. The average molecular weight is 481 g/mol. The highest BCUT2D eigenvalue weighted by Gasteiger charge is 2.39. The van der Waals surface area contributed by atoms with Crippen LogP contribution >= 0.6 is 0 Å². The van der Waals surface area contributed by atoms with Crippen LogP contribution in [0, 0.1) is 11.2 Å². The molecule has 0 aromatic heterocycles. The summed E-state index contributed by atoms with van der Waals surface area (Å²) in [4.78, 5) is 0.625. The fourth-order valence-electron chi connectivity index (χ4n) is 4.75. The van der Waals surface area contributed by atoms with Crippen LogP contribution in [0.1, 0.15) is 44.7 Å². The Morgan fingerprint density at radius 3 is 2.85 bits per heavy atom. The maximum absolute atomic E-state index is 15.5. The summed E-state index contributed by atoms with van der Waals surface area (Å²) in [6.45, 7) is 4.53. The van der Waals surface area contributed by atoms with Crippen LogP contribution in [0.5, 0.6) is 11.5 Å². The Kier molecular flexibility index (Phi) is 5.98. The highest BCUT2D eigenvalue weighted by molar-refractivity contribution is 7.89. The molecule has 0 saturated heterocycles. The molecule has 0 saturated carbocycles. The Morgan fingerprint density at radius 1 is 1.24 bits per heavy atom. The molecule has 5 nitrogen and oxygen atoms in total. The minimum absolute atomic E-state index is 0.0851. The van der Waals surface area contributed by atoms with Gasteiger partial charge in [0.2, 0.25) is 0 Å². The number of aromatic hydroxyl groups is 1. The molecule has 0 spiro atoms. The highest BCUT2D eigenvalue weighted by atomic mass is 32.2. The largest absolute Gasteiger partial charge is 0.506 e. The van der Waals surface area contributed by atoms with E-state index in [0.29, 0.717) is 46.4 Å². The molecule has 3 aliphatic rings. The highest BCUT2D eigenvalue weighted by Crippen LogP contribution is 2.47.